The largest absolute Gasteiger partial charge is 0.330 e. The first kappa shape index (κ1) is 10.3. The van der Waals surface area contributed by atoms with E-state index < -0.39 is 0 Å². The summed E-state index contributed by atoms with van der Waals surface area (Å²) >= 11 is 1.55. The van der Waals surface area contributed by atoms with Gasteiger partial charge in [0.2, 0.25) is 5.13 Å². The highest BCUT2D eigenvalue weighted by atomic mass is 32.1. The lowest BCUT2D eigenvalue weighted by Gasteiger charge is -1.98. The maximum absolute atomic E-state index is 5.46. The van der Waals surface area contributed by atoms with E-state index in [1.807, 2.05) is 12.3 Å². The smallest absolute Gasteiger partial charge is 0.211 e. The average molecular weight is 223 g/mol. The van der Waals surface area contributed by atoms with Crippen molar-refractivity contribution in [3.05, 3.63) is 23.0 Å². The molecular formula is C9H13N5S. The Kier molecular flexibility index (Phi) is 3.08. The van der Waals surface area contributed by atoms with E-state index in [9.17, 15) is 0 Å². The monoisotopic (exact) mass is 223 g/mol. The Morgan fingerprint density at radius 1 is 1.53 bits per heavy atom. The van der Waals surface area contributed by atoms with Crippen LogP contribution >= 0.6 is 11.3 Å². The third-order valence-corrected chi connectivity index (χ3v) is 2.96. The van der Waals surface area contributed by atoms with E-state index in [-0.39, 0.29) is 0 Å². The van der Waals surface area contributed by atoms with E-state index in [4.69, 9.17) is 5.73 Å². The topological polar surface area (TPSA) is 69.6 Å². The Balaban J connectivity index is 2.24. The van der Waals surface area contributed by atoms with Crippen LogP contribution in [0.1, 0.15) is 17.8 Å². The highest BCUT2D eigenvalue weighted by Gasteiger charge is 2.10. The van der Waals surface area contributed by atoms with Crippen LogP contribution in [0.5, 0.6) is 0 Å². The lowest BCUT2D eigenvalue weighted by Crippen LogP contribution is -2.02. The lowest BCUT2D eigenvalue weighted by molar-refractivity contribution is 0.771. The van der Waals surface area contributed by atoms with Gasteiger partial charge in [0.25, 0.3) is 0 Å². The molecule has 0 atom stereocenters. The molecule has 2 rings (SSSR count). The molecule has 2 N–H and O–H groups in total. The van der Waals surface area contributed by atoms with Crippen LogP contribution in [0.4, 0.5) is 0 Å². The fraction of sp³-hybridized carbons (Fsp3) is 0.444. The van der Waals surface area contributed by atoms with Gasteiger partial charge in [-0.2, -0.15) is 4.68 Å². The van der Waals surface area contributed by atoms with Gasteiger partial charge in [0.1, 0.15) is 0 Å². The summed E-state index contributed by atoms with van der Waals surface area (Å²) in [5, 5.41) is 11.0. The summed E-state index contributed by atoms with van der Waals surface area (Å²) in [6, 6.07) is 0. The van der Waals surface area contributed by atoms with Crippen molar-refractivity contribution in [1.82, 2.24) is 20.0 Å². The number of nitrogens with two attached hydrogens (primary N) is 1. The molecule has 2 aromatic heterocycles. The van der Waals surface area contributed by atoms with Crippen molar-refractivity contribution in [1.29, 1.82) is 0 Å². The number of nitrogens with zero attached hydrogens (tertiary/aromatic N) is 4. The van der Waals surface area contributed by atoms with Crippen molar-refractivity contribution in [3.63, 3.8) is 0 Å². The number of thiazole rings is 1. The van der Waals surface area contributed by atoms with Crippen LogP contribution in [-0.4, -0.2) is 26.5 Å². The van der Waals surface area contributed by atoms with Crippen LogP contribution < -0.4 is 5.73 Å². The number of aromatic nitrogens is 4. The Hall–Kier alpha value is -1.27. The zero-order valence-electron chi connectivity index (χ0n) is 8.55. The zero-order chi connectivity index (χ0) is 10.7. The van der Waals surface area contributed by atoms with Gasteiger partial charge in [-0.3, -0.25) is 0 Å². The number of aryl methyl sites for hydroxylation is 1. The van der Waals surface area contributed by atoms with Gasteiger partial charge >= 0.3 is 0 Å². The summed E-state index contributed by atoms with van der Waals surface area (Å²) in [5.41, 5.74) is 7.53. The molecule has 0 aromatic carbocycles. The molecule has 0 saturated heterocycles. The molecule has 2 heterocycles. The third-order valence-electron chi connectivity index (χ3n) is 2.21. The van der Waals surface area contributed by atoms with E-state index in [1.54, 1.807) is 22.2 Å². The minimum absolute atomic E-state index is 0.684. The summed E-state index contributed by atoms with van der Waals surface area (Å²) in [4.78, 5) is 4.20. The molecule has 80 valence electrons. The summed E-state index contributed by atoms with van der Waals surface area (Å²) in [6.45, 7) is 2.69. The van der Waals surface area contributed by atoms with E-state index in [0.717, 1.165) is 29.4 Å². The van der Waals surface area contributed by atoms with Gasteiger partial charge < -0.3 is 5.73 Å². The average Bonchev–Trinajstić information content (AvgIpc) is 2.84. The number of hydrogen-bond acceptors (Lipinski definition) is 5. The molecule has 0 amide bonds. The molecule has 0 fully saturated rings. The van der Waals surface area contributed by atoms with Crippen molar-refractivity contribution >= 4 is 11.3 Å². The van der Waals surface area contributed by atoms with Gasteiger partial charge in [0, 0.05) is 11.6 Å². The van der Waals surface area contributed by atoms with Crippen LogP contribution in [0.3, 0.4) is 0 Å². The Morgan fingerprint density at radius 3 is 3.07 bits per heavy atom. The second kappa shape index (κ2) is 4.50. The second-order valence-corrected chi connectivity index (χ2v) is 4.11. The molecule has 0 radical (unpaired) electrons. The maximum Gasteiger partial charge on any atom is 0.211 e. The molecule has 0 spiro atoms. The Morgan fingerprint density at radius 2 is 2.40 bits per heavy atom. The lowest BCUT2D eigenvalue weighted by atomic mass is 10.2. The Labute approximate surface area is 91.9 Å². The Bertz CT molecular complexity index is 420. The van der Waals surface area contributed by atoms with Crippen LogP contribution in [0.15, 0.2) is 11.6 Å². The van der Waals surface area contributed by atoms with Crippen molar-refractivity contribution in [3.8, 4) is 5.13 Å². The van der Waals surface area contributed by atoms with E-state index in [2.05, 4.69) is 15.3 Å². The highest BCUT2D eigenvalue weighted by molar-refractivity contribution is 7.12. The maximum atomic E-state index is 5.46. The third kappa shape index (κ3) is 2.05. The molecule has 0 unspecified atom stereocenters. The van der Waals surface area contributed by atoms with E-state index >= 15 is 0 Å². The number of hydrogen-bond donors (Lipinski definition) is 1. The van der Waals surface area contributed by atoms with Crippen LogP contribution in [-0.2, 0) is 6.42 Å². The molecule has 5 nitrogen and oxygen atoms in total. The van der Waals surface area contributed by atoms with Crippen molar-refractivity contribution in [2.45, 2.75) is 19.8 Å². The summed E-state index contributed by atoms with van der Waals surface area (Å²) in [7, 11) is 0. The number of rotatable bonds is 4. The molecule has 2 aromatic rings. The van der Waals surface area contributed by atoms with Crippen molar-refractivity contribution in [2.24, 2.45) is 5.73 Å². The molecule has 0 bridgehead atoms. The molecular weight excluding hydrogens is 210 g/mol. The zero-order valence-corrected chi connectivity index (χ0v) is 9.37. The van der Waals surface area contributed by atoms with Crippen LogP contribution in [0, 0.1) is 6.92 Å². The standard InChI is InChI=1S/C9H13N5S/c1-7-8(3-2-4-10)12-13-14(7)9-11-5-6-15-9/h5-6H,2-4,10H2,1H3. The fourth-order valence-electron chi connectivity index (χ4n) is 1.36. The van der Waals surface area contributed by atoms with Crippen molar-refractivity contribution in [2.75, 3.05) is 6.54 Å². The minimum Gasteiger partial charge on any atom is -0.330 e. The van der Waals surface area contributed by atoms with Gasteiger partial charge in [-0.05, 0) is 26.3 Å². The quantitative estimate of drug-likeness (QED) is 0.837. The van der Waals surface area contributed by atoms with E-state index in [1.165, 1.54) is 0 Å². The summed E-state index contributed by atoms with van der Waals surface area (Å²) in [6.07, 6.45) is 3.59. The molecule has 6 heteroatoms. The fourth-order valence-corrected chi connectivity index (χ4v) is 2.00. The SMILES string of the molecule is Cc1c(CCCN)nnn1-c1nccs1. The highest BCUT2D eigenvalue weighted by Crippen LogP contribution is 2.14. The second-order valence-electron chi connectivity index (χ2n) is 3.24. The van der Waals surface area contributed by atoms with Gasteiger partial charge in [-0.15, -0.1) is 16.4 Å². The van der Waals surface area contributed by atoms with Gasteiger partial charge in [-0.25, -0.2) is 4.98 Å². The first-order chi connectivity index (χ1) is 7.33. The van der Waals surface area contributed by atoms with Crippen molar-refractivity contribution < 1.29 is 0 Å². The molecule has 0 saturated carbocycles. The minimum atomic E-state index is 0.684. The summed E-state index contributed by atoms with van der Waals surface area (Å²) in [5.74, 6) is 0. The van der Waals surface area contributed by atoms with Crippen LogP contribution in [0.25, 0.3) is 5.13 Å². The molecule has 0 aliphatic carbocycles. The normalized spacial score (nSPS) is 10.8. The predicted molar refractivity (Wildman–Crippen MR) is 59.1 cm³/mol. The first-order valence-corrected chi connectivity index (χ1v) is 5.72. The molecule has 0 aliphatic rings. The van der Waals surface area contributed by atoms with E-state index in [0.29, 0.717) is 6.54 Å². The summed E-state index contributed by atoms with van der Waals surface area (Å²) < 4.78 is 1.77. The first-order valence-electron chi connectivity index (χ1n) is 4.84. The molecule has 15 heavy (non-hydrogen) atoms. The molecule has 0 aliphatic heterocycles. The van der Waals surface area contributed by atoms with Gasteiger partial charge in [0.05, 0.1) is 11.4 Å². The van der Waals surface area contributed by atoms with Gasteiger partial charge in [-0.1, -0.05) is 5.21 Å². The van der Waals surface area contributed by atoms with Gasteiger partial charge in [0.15, 0.2) is 0 Å². The predicted octanol–water partition coefficient (Wildman–Crippen LogP) is 0.924. The van der Waals surface area contributed by atoms with Crippen LogP contribution in [0.2, 0.25) is 0 Å².